The molecule has 2 saturated heterocycles. The highest BCUT2D eigenvalue weighted by Crippen LogP contribution is 2.33. The van der Waals surface area contributed by atoms with Gasteiger partial charge in [0, 0.05) is 40.0 Å². The molecule has 2 rings (SSSR count). The van der Waals surface area contributed by atoms with Gasteiger partial charge < -0.3 is 14.4 Å². The van der Waals surface area contributed by atoms with Crippen molar-refractivity contribution >= 4 is 12.6 Å². The van der Waals surface area contributed by atoms with Gasteiger partial charge in [-0.15, -0.1) is 0 Å². The Labute approximate surface area is 104 Å². The van der Waals surface area contributed by atoms with Gasteiger partial charge in [-0.1, -0.05) is 0 Å². The van der Waals surface area contributed by atoms with Crippen molar-refractivity contribution in [3.8, 4) is 0 Å². The van der Waals surface area contributed by atoms with E-state index in [4.69, 9.17) is 9.47 Å². The highest BCUT2D eigenvalue weighted by atomic mass is 32.1. The zero-order chi connectivity index (χ0) is 11.4. The SMILES string of the molecule is COC1CCN(CC2(CS)CCOCC2)C1. The first-order chi connectivity index (χ1) is 7.78. The molecule has 0 aromatic heterocycles. The number of likely N-dealkylation sites (tertiary alicyclic amines) is 1. The first-order valence-electron chi connectivity index (χ1n) is 6.22. The predicted octanol–water partition coefficient (Wildman–Crippen LogP) is 1.43. The van der Waals surface area contributed by atoms with Crippen LogP contribution in [0, 0.1) is 5.41 Å². The van der Waals surface area contributed by atoms with Crippen molar-refractivity contribution < 1.29 is 9.47 Å². The maximum absolute atomic E-state index is 5.46. The molecule has 94 valence electrons. The van der Waals surface area contributed by atoms with Gasteiger partial charge >= 0.3 is 0 Å². The lowest BCUT2D eigenvalue weighted by atomic mass is 9.81. The molecular weight excluding hydrogens is 222 g/mol. The van der Waals surface area contributed by atoms with Crippen molar-refractivity contribution in [3.05, 3.63) is 0 Å². The van der Waals surface area contributed by atoms with Gasteiger partial charge in [-0.25, -0.2) is 0 Å². The van der Waals surface area contributed by atoms with Crippen molar-refractivity contribution in [1.29, 1.82) is 0 Å². The number of hydrogen-bond acceptors (Lipinski definition) is 4. The molecule has 3 nitrogen and oxygen atoms in total. The fraction of sp³-hybridized carbons (Fsp3) is 1.00. The lowest BCUT2D eigenvalue weighted by molar-refractivity contribution is 0.00855. The summed E-state index contributed by atoms with van der Waals surface area (Å²) in [7, 11) is 1.82. The molecule has 0 aromatic carbocycles. The van der Waals surface area contributed by atoms with E-state index in [-0.39, 0.29) is 0 Å². The van der Waals surface area contributed by atoms with Crippen LogP contribution in [0.1, 0.15) is 19.3 Å². The molecule has 0 bridgehead atoms. The number of hydrogen-bond donors (Lipinski definition) is 1. The van der Waals surface area contributed by atoms with Gasteiger partial charge in [-0.2, -0.15) is 12.6 Å². The molecule has 2 aliphatic heterocycles. The first-order valence-corrected chi connectivity index (χ1v) is 6.85. The molecule has 0 N–H and O–H groups in total. The van der Waals surface area contributed by atoms with E-state index in [0.717, 1.165) is 38.4 Å². The minimum Gasteiger partial charge on any atom is -0.381 e. The molecule has 0 amide bonds. The largest absolute Gasteiger partial charge is 0.381 e. The van der Waals surface area contributed by atoms with Gasteiger partial charge in [0.1, 0.15) is 0 Å². The third kappa shape index (κ3) is 2.92. The van der Waals surface area contributed by atoms with Crippen molar-refractivity contribution in [1.82, 2.24) is 4.90 Å². The number of thiol groups is 1. The lowest BCUT2D eigenvalue weighted by Crippen LogP contribution is -2.42. The monoisotopic (exact) mass is 245 g/mol. The smallest absolute Gasteiger partial charge is 0.0710 e. The van der Waals surface area contributed by atoms with E-state index in [0.29, 0.717) is 11.5 Å². The summed E-state index contributed by atoms with van der Waals surface area (Å²) in [6.45, 7) is 5.24. The zero-order valence-electron chi connectivity index (χ0n) is 10.2. The summed E-state index contributed by atoms with van der Waals surface area (Å²) in [6, 6.07) is 0. The lowest BCUT2D eigenvalue weighted by Gasteiger charge is -2.39. The van der Waals surface area contributed by atoms with Crippen LogP contribution in [-0.4, -0.2) is 56.7 Å². The Balaban J connectivity index is 1.86. The molecule has 1 atom stereocenters. The van der Waals surface area contributed by atoms with Gasteiger partial charge in [0.05, 0.1) is 6.10 Å². The number of nitrogens with zero attached hydrogens (tertiary/aromatic N) is 1. The van der Waals surface area contributed by atoms with Crippen LogP contribution in [0.4, 0.5) is 0 Å². The maximum Gasteiger partial charge on any atom is 0.0710 e. The van der Waals surface area contributed by atoms with E-state index in [1.165, 1.54) is 19.5 Å². The molecule has 2 fully saturated rings. The standard InChI is InChI=1S/C12H23NO2S/c1-14-11-2-5-13(8-11)9-12(10-16)3-6-15-7-4-12/h11,16H,2-10H2,1H3. The van der Waals surface area contributed by atoms with Gasteiger partial charge in [0.25, 0.3) is 0 Å². The molecule has 0 spiro atoms. The molecule has 0 radical (unpaired) electrons. The fourth-order valence-corrected chi connectivity index (χ4v) is 3.19. The topological polar surface area (TPSA) is 21.7 Å². The summed E-state index contributed by atoms with van der Waals surface area (Å²) in [5.74, 6) is 0.977. The average Bonchev–Trinajstić information content (AvgIpc) is 2.78. The summed E-state index contributed by atoms with van der Waals surface area (Å²) in [6.07, 6.45) is 3.93. The molecule has 2 heterocycles. The molecule has 0 aromatic rings. The van der Waals surface area contributed by atoms with Gasteiger partial charge in [0.15, 0.2) is 0 Å². The van der Waals surface area contributed by atoms with Crippen LogP contribution < -0.4 is 0 Å². The normalized spacial score (nSPS) is 30.8. The molecule has 2 aliphatic rings. The summed E-state index contributed by atoms with van der Waals surface area (Å²) in [4.78, 5) is 2.54. The second-order valence-electron chi connectivity index (χ2n) is 5.15. The Bertz CT molecular complexity index is 219. The van der Waals surface area contributed by atoms with Crippen LogP contribution in [0.3, 0.4) is 0 Å². The van der Waals surface area contributed by atoms with E-state index < -0.39 is 0 Å². The van der Waals surface area contributed by atoms with Crippen molar-refractivity contribution in [3.63, 3.8) is 0 Å². The van der Waals surface area contributed by atoms with Crippen LogP contribution in [0.5, 0.6) is 0 Å². The quantitative estimate of drug-likeness (QED) is 0.757. The highest BCUT2D eigenvalue weighted by Gasteiger charge is 2.35. The Morgan fingerprint density at radius 2 is 2.19 bits per heavy atom. The second-order valence-corrected chi connectivity index (χ2v) is 5.47. The number of ether oxygens (including phenoxy) is 2. The Morgan fingerprint density at radius 1 is 1.44 bits per heavy atom. The van der Waals surface area contributed by atoms with E-state index in [2.05, 4.69) is 17.5 Å². The van der Waals surface area contributed by atoms with Crippen LogP contribution in [0.2, 0.25) is 0 Å². The van der Waals surface area contributed by atoms with E-state index in [1.807, 2.05) is 7.11 Å². The fourth-order valence-electron chi connectivity index (χ4n) is 2.78. The van der Waals surface area contributed by atoms with E-state index in [9.17, 15) is 0 Å². The third-order valence-corrected chi connectivity index (χ3v) is 4.68. The van der Waals surface area contributed by atoms with Gasteiger partial charge in [-0.05, 0) is 30.4 Å². The number of rotatable bonds is 4. The molecule has 0 saturated carbocycles. The molecule has 1 unspecified atom stereocenters. The van der Waals surface area contributed by atoms with Crippen LogP contribution in [-0.2, 0) is 9.47 Å². The minimum atomic E-state index is 0.379. The zero-order valence-corrected chi connectivity index (χ0v) is 11.0. The van der Waals surface area contributed by atoms with Crippen LogP contribution in [0.15, 0.2) is 0 Å². The molecule has 16 heavy (non-hydrogen) atoms. The second kappa shape index (κ2) is 5.71. The van der Waals surface area contributed by atoms with Gasteiger partial charge in [0.2, 0.25) is 0 Å². The molecule has 0 aliphatic carbocycles. The number of methoxy groups -OCH3 is 1. The summed E-state index contributed by atoms with van der Waals surface area (Å²) in [5.41, 5.74) is 0.379. The predicted molar refractivity (Wildman–Crippen MR) is 68.2 cm³/mol. The van der Waals surface area contributed by atoms with Crippen molar-refractivity contribution in [2.24, 2.45) is 5.41 Å². The molecule has 4 heteroatoms. The maximum atomic E-state index is 5.46. The van der Waals surface area contributed by atoms with Crippen LogP contribution in [0.25, 0.3) is 0 Å². The van der Waals surface area contributed by atoms with Crippen molar-refractivity contribution in [2.75, 3.05) is 45.7 Å². The third-order valence-electron chi connectivity index (χ3n) is 4.01. The van der Waals surface area contributed by atoms with E-state index >= 15 is 0 Å². The first kappa shape index (κ1) is 12.7. The summed E-state index contributed by atoms with van der Waals surface area (Å²) in [5, 5.41) is 0. The molecular formula is C12H23NO2S. The van der Waals surface area contributed by atoms with E-state index in [1.54, 1.807) is 0 Å². The Kier molecular flexibility index (Phi) is 4.53. The minimum absolute atomic E-state index is 0.379. The highest BCUT2D eigenvalue weighted by molar-refractivity contribution is 7.80. The van der Waals surface area contributed by atoms with Gasteiger partial charge in [-0.3, -0.25) is 0 Å². The Morgan fingerprint density at radius 3 is 2.75 bits per heavy atom. The van der Waals surface area contributed by atoms with Crippen molar-refractivity contribution in [2.45, 2.75) is 25.4 Å². The summed E-state index contributed by atoms with van der Waals surface area (Å²) >= 11 is 4.55. The van der Waals surface area contributed by atoms with Crippen LogP contribution >= 0.6 is 12.6 Å². The Hall–Kier alpha value is 0.230. The average molecular weight is 245 g/mol. The summed E-state index contributed by atoms with van der Waals surface area (Å²) < 4.78 is 10.9.